The number of benzene rings is 1. The molecule has 1 saturated heterocycles. The van der Waals surface area contributed by atoms with E-state index in [9.17, 15) is 13.2 Å². The van der Waals surface area contributed by atoms with Crippen molar-refractivity contribution < 1.29 is 17.9 Å². The van der Waals surface area contributed by atoms with Gasteiger partial charge in [-0.25, -0.2) is 17.7 Å². The van der Waals surface area contributed by atoms with Crippen LogP contribution in [-0.4, -0.2) is 82.4 Å². The number of carbonyl (C=O) groups excluding carboxylic acids is 1. The lowest BCUT2D eigenvalue weighted by atomic mass is 10.0. The van der Waals surface area contributed by atoms with Crippen LogP contribution in [0.4, 0.5) is 11.5 Å². The zero-order valence-electron chi connectivity index (χ0n) is 21.5. The van der Waals surface area contributed by atoms with Crippen molar-refractivity contribution in [3.05, 3.63) is 41.6 Å². The maximum atomic E-state index is 13.1. The largest absolute Gasteiger partial charge is 0.497 e. The molecular weight excluding hydrogens is 466 g/mol. The number of piperidine rings is 1. The first-order valence-electron chi connectivity index (χ1n) is 11.8. The van der Waals surface area contributed by atoms with E-state index in [1.807, 2.05) is 6.07 Å². The molecule has 0 bridgehead atoms. The van der Waals surface area contributed by atoms with Crippen LogP contribution in [0.15, 0.2) is 35.4 Å². The van der Waals surface area contributed by atoms with Crippen LogP contribution in [0.3, 0.4) is 0 Å². The van der Waals surface area contributed by atoms with Crippen LogP contribution >= 0.6 is 0 Å². The first kappa shape index (κ1) is 26.9. The van der Waals surface area contributed by atoms with Gasteiger partial charge in [0.15, 0.2) is 0 Å². The molecule has 1 N–H and O–H groups in total. The lowest BCUT2D eigenvalue weighted by Crippen LogP contribution is -2.42. The molecular formula is C25H37N5O4S. The number of pyridine rings is 1. The summed E-state index contributed by atoms with van der Waals surface area (Å²) in [6.45, 7) is 5.48. The Kier molecular flexibility index (Phi) is 8.74. The monoisotopic (exact) mass is 503 g/mol. The quantitative estimate of drug-likeness (QED) is 0.562. The van der Waals surface area contributed by atoms with Crippen LogP contribution in [0.25, 0.3) is 0 Å². The maximum Gasteiger partial charge on any atom is 0.243 e. The van der Waals surface area contributed by atoms with Gasteiger partial charge >= 0.3 is 0 Å². The fourth-order valence-electron chi connectivity index (χ4n) is 4.46. The lowest BCUT2D eigenvalue weighted by molar-refractivity contribution is -0.116. The van der Waals surface area contributed by atoms with Gasteiger partial charge in [0.05, 0.1) is 23.9 Å². The van der Waals surface area contributed by atoms with Crippen LogP contribution in [0.2, 0.25) is 0 Å². The molecule has 1 aliphatic heterocycles. The molecule has 1 amide bonds. The van der Waals surface area contributed by atoms with Crippen molar-refractivity contribution >= 4 is 27.4 Å². The topological polar surface area (TPSA) is 95.1 Å². The van der Waals surface area contributed by atoms with E-state index in [0.717, 1.165) is 31.6 Å². The summed E-state index contributed by atoms with van der Waals surface area (Å²) in [5.41, 5.74) is 2.25. The van der Waals surface area contributed by atoms with Crippen molar-refractivity contribution in [1.29, 1.82) is 0 Å². The Morgan fingerprint density at radius 2 is 1.77 bits per heavy atom. The number of aryl methyl sites for hydroxylation is 2. The molecule has 1 aromatic heterocycles. The Hall–Kier alpha value is -2.69. The molecule has 0 saturated carbocycles. The highest BCUT2D eigenvalue weighted by atomic mass is 32.2. The third kappa shape index (κ3) is 6.50. The molecule has 0 radical (unpaired) electrons. The van der Waals surface area contributed by atoms with Gasteiger partial charge in [-0.1, -0.05) is 0 Å². The number of hydrogen-bond acceptors (Lipinski definition) is 7. The van der Waals surface area contributed by atoms with Crippen molar-refractivity contribution in [3.8, 4) is 5.75 Å². The summed E-state index contributed by atoms with van der Waals surface area (Å²) in [4.78, 5) is 21.7. The third-order valence-electron chi connectivity index (χ3n) is 6.57. The van der Waals surface area contributed by atoms with Crippen LogP contribution in [0, 0.1) is 13.8 Å². The van der Waals surface area contributed by atoms with Gasteiger partial charge in [0.25, 0.3) is 0 Å². The summed E-state index contributed by atoms with van der Waals surface area (Å²) in [6, 6.07) is 7.75. The van der Waals surface area contributed by atoms with Crippen LogP contribution in [0.1, 0.15) is 30.4 Å². The zero-order valence-corrected chi connectivity index (χ0v) is 22.4. The summed E-state index contributed by atoms with van der Waals surface area (Å²) in [5.74, 6) is 0.772. The molecule has 2 heterocycles. The second-order valence-electron chi connectivity index (χ2n) is 9.30. The van der Waals surface area contributed by atoms with Crippen molar-refractivity contribution in [2.75, 3.05) is 58.1 Å². The van der Waals surface area contributed by atoms with E-state index in [1.165, 1.54) is 11.4 Å². The number of ether oxygens (including phenoxy) is 1. The minimum atomic E-state index is -3.75. The maximum absolute atomic E-state index is 13.1. The predicted molar refractivity (Wildman–Crippen MR) is 139 cm³/mol. The Morgan fingerprint density at radius 3 is 2.29 bits per heavy atom. The number of rotatable bonds is 9. The number of methoxy groups -OCH3 is 1. The number of carbonyl (C=O) groups is 1. The molecule has 192 valence electrons. The molecule has 2 aromatic rings. The molecule has 0 unspecified atom stereocenters. The van der Waals surface area contributed by atoms with Crippen molar-refractivity contribution in [1.82, 2.24) is 14.2 Å². The van der Waals surface area contributed by atoms with Crippen LogP contribution in [-0.2, 0) is 14.8 Å². The van der Waals surface area contributed by atoms with Crippen molar-refractivity contribution in [3.63, 3.8) is 0 Å². The van der Waals surface area contributed by atoms with Crippen molar-refractivity contribution in [2.24, 2.45) is 0 Å². The number of anilines is 2. The summed E-state index contributed by atoms with van der Waals surface area (Å²) in [7, 11) is 3.52. The highest BCUT2D eigenvalue weighted by Gasteiger charge is 2.26. The molecule has 0 atom stereocenters. The molecule has 35 heavy (non-hydrogen) atoms. The Labute approximate surface area is 209 Å². The minimum Gasteiger partial charge on any atom is -0.497 e. The molecule has 0 spiro atoms. The van der Waals surface area contributed by atoms with E-state index in [0.29, 0.717) is 28.7 Å². The Balaban J connectivity index is 1.55. The molecule has 1 fully saturated rings. The molecule has 3 rings (SSSR count). The lowest BCUT2D eigenvalue weighted by Gasteiger charge is -2.36. The highest BCUT2D eigenvalue weighted by Crippen LogP contribution is 2.28. The highest BCUT2D eigenvalue weighted by molar-refractivity contribution is 7.89. The SMILES string of the molecule is COc1cc(C)c(S(=O)(=O)N(C)CCC(=O)Nc2ccc(N3CCC(N(C)C)CC3)cn2)c(C)c1. The first-order chi connectivity index (χ1) is 16.5. The fourth-order valence-corrected chi connectivity index (χ4v) is 6.04. The number of nitrogens with zero attached hydrogens (tertiary/aromatic N) is 4. The number of sulfonamides is 1. The number of hydrogen-bond donors (Lipinski definition) is 1. The second-order valence-corrected chi connectivity index (χ2v) is 11.3. The molecule has 10 heteroatoms. The van der Waals surface area contributed by atoms with Gasteiger partial charge in [-0.3, -0.25) is 4.79 Å². The van der Waals surface area contributed by atoms with E-state index in [2.05, 4.69) is 34.2 Å². The first-order valence-corrected chi connectivity index (χ1v) is 13.3. The Bertz CT molecular complexity index is 1100. The average Bonchev–Trinajstić information content (AvgIpc) is 2.82. The van der Waals surface area contributed by atoms with E-state index >= 15 is 0 Å². The third-order valence-corrected chi connectivity index (χ3v) is 8.73. The predicted octanol–water partition coefficient (Wildman–Crippen LogP) is 2.89. The van der Waals surface area contributed by atoms with Gasteiger partial charge in [0.2, 0.25) is 15.9 Å². The average molecular weight is 504 g/mol. The Morgan fingerprint density at radius 1 is 1.14 bits per heavy atom. The molecule has 0 aliphatic carbocycles. The van der Waals surface area contributed by atoms with Gasteiger partial charge in [0, 0.05) is 39.1 Å². The van der Waals surface area contributed by atoms with Gasteiger partial charge in [-0.2, -0.15) is 0 Å². The zero-order chi connectivity index (χ0) is 25.8. The van der Waals surface area contributed by atoms with Crippen molar-refractivity contribution in [2.45, 2.75) is 44.0 Å². The minimum absolute atomic E-state index is 0.0193. The molecule has 1 aromatic carbocycles. The summed E-state index contributed by atoms with van der Waals surface area (Å²) < 4.78 is 32.7. The standard InChI is InChI=1S/C25H37N5O4S/c1-18-15-22(34-6)16-19(2)25(18)35(32,33)29(5)12-11-24(31)27-23-8-7-21(17-26-23)30-13-9-20(10-14-30)28(3)4/h7-8,15-17,20H,9-14H2,1-6H3,(H,26,27,31). The van der Waals surface area contributed by atoms with Gasteiger partial charge in [0.1, 0.15) is 11.6 Å². The van der Waals surface area contributed by atoms with Crippen LogP contribution in [0.5, 0.6) is 5.75 Å². The molecule has 1 aliphatic rings. The normalized spacial score (nSPS) is 15.0. The number of aromatic nitrogens is 1. The van der Waals surface area contributed by atoms with E-state index < -0.39 is 10.0 Å². The van der Waals surface area contributed by atoms with E-state index in [1.54, 1.807) is 45.4 Å². The summed E-state index contributed by atoms with van der Waals surface area (Å²) in [5, 5.41) is 2.77. The van der Waals surface area contributed by atoms with Gasteiger partial charge < -0.3 is 19.9 Å². The summed E-state index contributed by atoms with van der Waals surface area (Å²) >= 11 is 0. The fraction of sp³-hybridized carbons (Fsp3) is 0.520. The second kappa shape index (κ2) is 11.4. The van der Waals surface area contributed by atoms with Gasteiger partial charge in [-0.15, -0.1) is 0 Å². The number of nitrogens with one attached hydrogen (secondary N) is 1. The summed E-state index contributed by atoms with van der Waals surface area (Å²) in [6.07, 6.45) is 4.01. The molecule has 9 nitrogen and oxygen atoms in total. The smallest absolute Gasteiger partial charge is 0.243 e. The number of amides is 1. The van der Waals surface area contributed by atoms with Crippen LogP contribution < -0.4 is 15.0 Å². The van der Waals surface area contributed by atoms with E-state index in [4.69, 9.17) is 4.74 Å². The van der Waals surface area contributed by atoms with E-state index in [-0.39, 0.29) is 23.8 Å². The van der Waals surface area contributed by atoms with Gasteiger partial charge in [-0.05, 0) is 76.2 Å².